The second kappa shape index (κ2) is 11.1. The van der Waals surface area contributed by atoms with E-state index in [0.717, 1.165) is 80.3 Å². The quantitative estimate of drug-likeness (QED) is 0.370. The highest BCUT2D eigenvalue weighted by molar-refractivity contribution is 6.05. The van der Waals surface area contributed by atoms with Crippen molar-refractivity contribution in [3.63, 3.8) is 0 Å². The third-order valence-electron chi connectivity index (χ3n) is 6.93. The van der Waals surface area contributed by atoms with E-state index in [4.69, 9.17) is 4.98 Å². The van der Waals surface area contributed by atoms with Crippen LogP contribution in [0.1, 0.15) is 40.7 Å². The Morgan fingerprint density at radius 1 is 0.889 bits per heavy atom. The van der Waals surface area contributed by atoms with Crippen molar-refractivity contribution in [3.05, 3.63) is 95.3 Å². The molecule has 1 aliphatic rings. The summed E-state index contributed by atoms with van der Waals surface area (Å²) in [4.78, 5) is 22.8. The molecule has 2 heterocycles. The molecule has 1 amide bonds. The number of imidazole rings is 1. The highest BCUT2D eigenvalue weighted by atomic mass is 16.1. The molecule has 0 radical (unpaired) electrons. The molecule has 4 aromatic rings. The van der Waals surface area contributed by atoms with Gasteiger partial charge >= 0.3 is 0 Å². The molecule has 1 fully saturated rings. The van der Waals surface area contributed by atoms with Gasteiger partial charge < -0.3 is 9.88 Å². The molecule has 1 N–H and O–H groups in total. The van der Waals surface area contributed by atoms with Gasteiger partial charge in [0.2, 0.25) is 0 Å². The third kappa shape index (κ3) is 5.66. The minimum Gasteiger partial charge on any atom is -0.327 e. The van der Waals surface area contributed by atoms with E-state index in [9.17, 15) is 4.79 Å². The normalized spacial score (nSPS) is 14.8. The van der Waals surface area contributed by atoms with Gasteiger partial charge in [0.05, 0.1) is 17.6 Å². The Hall–Kier alpha value is -3.48. The number of nitrogens with one attached hydrogen (secondary N) is 1. The zero-order valence-corrected chi connectivity index (χ0v) is 21.3. The summed E-state index contributed by atoms with van der Waals surface area (Å²) in [6.45, 7) is 11.2. The Labute approximate surface area is 213 Å². The zero-order chi connectivity index (χ0) is 24.9. The van der Waals surface area contributed by atoms with Crippen molar-refractivity contribution in [2.45, 2.75) is 39.9 Å². The minimum absolute atomic E-state index is 0.101. The van der Waals surface area contributed by atoms with Crippen LogP contribution >= 0.6 is 0 Å². The Balaban J connectivity index is 1.26. The molecule has 6 nitrogen and oxygen atoms in total. The summed E-state index contributed by atoms with van der Waals surface area (Å²) in [5.74, 6) is 1.00. The molecule has 1 aromatic heterocycles. The van der Waals surface area contributed by atoms with Crippen molar-refractivity contribution in [1.29, 1.82) is 0 Å². The molecule has 0 unspecified atom stereocenters. The smallest absolute Gasteiger partial charge is 0.255 e. The summed E-state index contributed by atoms with van der Waals surface area (Å²) in [7, 11) is 0. The highest BCUT2D eigenvalue weighted by Gasteiger charge is 2.20. The van der Waals surface area contributed by atoms with Gasteiger partial charge in [-0.05, 0) is 49.2 Å². The lowest BCUT2D eigenvalue weighted by Crippen LogP contribution is -2.45. The lowest BCUT2D eigenvalue weighted by Gasteiger charge is -2.34. The Kier molecular flexibility index (Phi) is 7.44. The van der Waals surface area contributed by atoms with Crippen molar-refractivity contribution in [2.75, 3.05) is 31.5 Å². The predicted molar refractivity (Wildman–Crippen MR) is 146 cm³/mol. The monoisotopic (exact) mass is 481 g/mol. The van der Waals surface area contributed by atoms with Gasteiger partial charge in [-0.25, -0.2) is 4.98 Å². The fraction of sp³-hybridized carbons (Fsp3) is 0.333. The number of benzene rings is 3. The van der Waals surface area contributed by atoms with E-state index in [0.29, 0.717) is 5.56 Å². The van der Waals surface area contributed by atoms with Crippen molar-refractivity contribution in [2.24, 2.45) is 0 Å². The molecule has 5 rings (SSSR count). The van der Waals surface area contributed by atoms with E-state index in [1.165, 1.54) is 5.56 Å². The molecule has 0 spiro atoms. The number of anilines is 1. The zero-order valence-electron chi connectivity index (χ0n) is 21.3. The van der Waals surface area contributed by atoms with Crippen LogP contribution in [0.3, 0.4) is 0 Å². The second-order valence-corrected chi connectivity index (χ2v) is 9.74. The van der Waals surface area contributed by atoms with Gasteiger partial charge in [0, 0.05) is 50.5 Å². The lowest BCUT2D eigenvalue weighted by atomic mass is 10.1. The van der Waals surface area contributed by atoms with Crippen molar-refractivity contribution < 1.29 is 4.79 Å². The number of hydrogen-bond acceptors (Lipinski definition) is 4. The minimum atomic E-state index is -0.101. The summed E-state index contributed by atoms with van der Waals surface area (Å²) in [5.41, 5.74) is 6.01. The van der Waals surface area contributed by atoms with E-state index in [-0.39, 0.29) is 5.91 Å². The molecule has 1 saturated heterocycles. The number of hydrogen-bond donors (Lipinski definition) is 1. The summed E-state index contributed by atoms with van der Waals surface area (Å²) >= 11 is 0. The van der Waals surface area contributed by atoms with Crippen LogP contribution in [0.25, 0.3) is 11.0 Å². The molecule has 0 bridgehead atoms. The molecular formula is C30H35N5O. The Morgan fingerprint density at radius 2 is 1.58 bits per heavy atom. The van der Waals surface area contributed by atoms with E-state index in [2.05, 4.69) is 63.0 Å². The SMILES string of the molecule is CCCn1c(CN2CCN(Cc3ccccc3)CC2)nc2cc(NC(=O)c3ccc(C)cc3)ccc21. The predicted octanol–water partition coefficient (Wildman–Crippen LogP) is 5.32. The number of piperazine rings is 1. The summed E-state index contributed by atoms with van der Waals surface area (Å²) in [6.07, 6.45) is 1.05. The number of rotatable bonds is 8. The molecule has 3 aromatic carbocycles. The molecule has 186 valence electrons. The molecule has 1 aliphatic heterocycles. The fourth-order valence-electron chi connectivity index (χ4n) is 4.91. The number of amides is 1. The fourth-order valence-corrected chi connectivity index (χ4v) is 4.91. The van der Waals surface area contributed by atoms with Crippen molar-refractivity contribution in [3.8, 4) is 0 Å². The number of nitrogens with zero attached hydrogens (tertiary/aromatic N) is 4. The van der Waals surface area contributed by atoms with Gasteiger partial charge in [0.1, 0.15) is 5.82 Å². The molecule has 0 aliphatic carbocycles. The first-order valence-electron chi connectivity index (χ1n) is 12.9. The van der Waals surface area contributed by atoms with Crippen LogP contribution in [0, 0.1) is 6.92 Å². The standard InChI is InChI=1S/C30H35N5O/c1-3-15-35-28-14-13-26(31-30(36)25-11-9-23(2)10-12-25)20-27(28)32-29(35)22-34-18-16-33(17-19-34)21-24-7-5-4-6-8-24/h4-14,20H,3,15-19,21-22H2,1-2H3,(H,31,36). The topological polar surface area (TPSA) is 53.4 Å². The van der Waals surface area contributed by atoms with Crippen molar-refractivity contribution >= 4 is 22.6 Å². The van der Waals surface area contributed by atoms with Gasteiger partial charge in [-0.15, -0.1) is 0 Å². The second-order valence-electron chi connectivity index (χ2n) is 9.74. The van der Waals surface area contributed by atoms with Crippen LogP contribution in [0.5, 0.6) is 0 Å². The first-order chi connectivity index (χ1) is 17.6. The van der Waals surface area contributed by atoms with Crippen molar-refractivity contribution in [1.82, 2.24) is 19.4 Å². The average molecular weight is 482 g/mol. The number of carbonyl (C=O) groups excluding carboxylic acids is 1. The molecule has 6 heteroatoms. The van der Waals surface area contributed by atoms with E-state index < -0.39 is 0 Å². The van der Waals surface area contributed by atoms with Gasteiger partial charge in [0.25, 0.3) is 5.91 Å². The van der Waals surface area contributed by atoms with Gasteiger partial charge in [-0.3, -0.25) is 14.6 Å². The Bertz CT molecular complexity index is 1300. The summed E-state index contributed by atoms with van der Waals surface area (Å²) in [5, 5.41) is 3.03. The number of fused-ring (bicyclic) bond motifs is 1. The van der Waals surface area contributed by atoms with Crippen LogP contribution < -0.4 is 5.32 Å². The lowest BCUT2D eigenvalue weighted by molar-refractivity contribution is 0.102. The maximum absolute atomic E-state index is 12.7. The van der Waals surface area contributed by atoms with Crippen LogP contribution in [0.4, 0.5) is 5.69 Å². The van der Waals surface area contributed by atoms with E-state index in [1.54, 1.807) is 0 Å². The maximum Gasteiger partial charge on any atom is 0.255 e. The molecule has 0 atom stereocenters. The first kappa shape index (κ1) is 24.2. The van der Waals surface area contributed by atoms with Gasteiger partial charge in [0.15, 0.2) is 0 Å². The van der Waals surface area contributed by atoms with Gasteiger partial charge in [-0.2, -0.15) is 0 Å². The van der Waals surface area contributed by atoms with E-state index in [1.807, 2.05) is 43.3 Å². The molecule has 36 heavy (non-hydrogen) atoms. The maximum atomic E-state index is 12.7. The molecule has 0 saturated carbocycles. The largest absolute Gasteiger partial charge is 0.327 e. The van der Waals surface area contributed by atoms with Crippen LogP contribution in [0.15, 0.2) is 72.8 Å². The third-order valence-corrected chi connectivity index (χ3v) is 6.93. The summed E-state index contributed by atoms with van der Waals surface area (Å²) in [6, 6.07) is 24.4. The average Bonchev–Trinajstić information content (AvgIpc) is 3.22. The number of aryl methyl sites for hydroxylation is 2. The van der Waals surface area contributed by atoms with Crippen LogP contribution in [0.2, 0.25) is 0 Å². The van der Waals surface area contributed by atoms with Crippen LogP contribution in [-0.2, 0) is 19.6 Å². The Morgan fingerprint density at radius 3 is 2.28 bits per heavy atom. The van der Waals surface area contributed by atoms with Gasteiger partial charge in [-0.1, -0.05) is 55.0 Å². The highest BCUT2D eigenvalue weighted by Crippen LogP contribution is 2.23. The van der Waals surface area contributed by atoms with Crippen LogP contribution in [-0.4, -0.2) is 51.4 Å². The summed E-state index contributed by atoms with van der Waals surface area (Å²) < 4.78 is 2.34. The molecular weight excluding hydrogens is 446 g/mol. The van der Waals surface area contributed by atoms with E-state index >= 15 is 0 Å². The number of aromatic nitrogens is 2. The first-order valence-corrected chi connectivity index (χ1v) is 12.9. The number of carbonyl (C=O) groups is 1.